The smallest absolute Gasteiger partial charge is 0.243 e. The molecule has 3 aromatic carbocycles. The molecule has 1 fully saturated rings. The third-order valence-electron chi connectivity index (χ3n) is 7.37. The Morgan fingerprint density at radius 2 is 1.53 bits per heavy atom. The van der Waals surface area contributed by atoms with Crippen LogP contribution in [-0.2, 0) is 35.4 Å². The number of amides is 2. The Kier molecular flexibility index (Phi) is 10.3. The summed E-state index contributed by atoms with van der Waals surface area (Å²) in [4.78, 5) is 29.3. The van der Waals surface area contributed by atoms with Crippen LogP contribution in [0, 0.1) is 0 Å². The molecule has 2 amide bonds. The number of carbonyl (C=O) groups is 2. The molecule has 0 bridgehead atoms. The predicted molar refractivity (Wildman–Crippen MR) is 155 cm³/mol. The Bertz CT molecular complexity index is 1210. The first-order chi connectivity index (χ1) is 18.4. The summed E-state index contributed by atoms with van der Waals surface area (Å²) in [5.41, 5.74) is 4.24. The zero-order chi connectivity index (χ0) is 26.9. The molecule has 6 heteroatoms. The van der Waals surface area contributed by atoms with Crippen molar-refractivity contribution in [2.24, 2.45) is 0 Å². The lowest BCUT2D eigenvalue weighted by molar-refractivity contribution is -0.141. The molecule has 0 aliphatic heterocycles. The van der Waals surface area contributed by atoms with E-state index in [2.05, 4.69) is 36.5 Å². The van der Waals surface area contributed by atoms with Crippen molar-refractivity contribution in [1.82, 2.24) is 10.2 Å². The lowest BCUT2D eigenvalue weighted by Gasteiger charge is -2.32. The molecular formula is C32H36Cl2N2O2. The van der Waals surface area contributed by atoms with Gasteiger partial charge in [-0.25, -0.2) is 0 Å². The standard InChI is InChI=1S/C32H36Cl2N2O2/c1-2-23-12-14-24(15-13-23)17-19-31(37)36(22-26-16-18-28(33)29(34)20-26)30(21-25-8-4-3-5-9-25)32(38)35-27-10-6-7-11-27/h3-5,8-9,12-16,18,20,27,30H,2,6-7,10-11,17,19,21-22H2,1H3,(H,35,38). The summed E-state index contributed by atoms with van der Waals surface area (Å²) >= 11 is 12.5. The van der Waals surface area contributed by atoms with Gasteiger partial charge in [-0.1, -0.05) is 104 Å². The number of benzene rings is 3. The van der Waals surface area contributed by atoms with Crippen molar-refractivity contribution in [3.05, 3.63) is 105 Å². The second kappa shape index (κ2) is 13.8. The Hall–Kier alpha value is -2.82. The van der Waals surface area contributed by atoms with Crippen molar-refractivity contribution < 1.29 is 9.59 Å². The van der Waals surface area contributed by atoms with Crippen molar-refractivity contribution in [1.29, 1.82) is 0 Å². The molecule has 0 radical (unpaired) electrons. The third-order valence-corrected chi connectivity index (χ3v) is 8.11. The first kappa shape index (κ1) is 28.2. The molecular weight excluding hydrogens is 515 g/mol. The van der Waals surface area contributed by atoms with Crippen molar-refractivity contribution in [3.8, 4) is 0 Å². The highest BCUT2D eigenvalue weighted by atomic mass is 35.5. The first-order valence-corrected chi connectivity index (χ1v) is 14.3. The Balaban J connectivity index is 1.61. The fourth-order valence-electron chi connectivity index (χ4n) is 5.09. The largest absolute Gasteiger partial charge is 0.352 e. The molecule has 1 atom stereocenters. The van der Waals surface area contributed by atoms with Crippen LogP contribution in [-0.4, -0.2) is 28.8 Å². The van der Waals surface area contributed by atoms with Gasteiger partial charge < -0.3 is 10.2 Å². The van der Waals surface area contributed by atoms with Crippen molar-refractivity contribution in [3.63, 3.8) is 0 Å². The van der Waals surface area contributed by atoms with Crippen LogP contribution in [0.4, 0.5) is 0 Å². The van der Waals surface area contributed by atoms with Gasteiger partial charge in [0.15, 0.2) is 0 Å². The summed E-state index contributed by atoms with van der Waals surface area (Å²) < 4.78 is 0. The number of rotatable bonds is 11. The van der Waals surface area contributed by atoms with Crippen LogP contribution in [0.25, 0.3) is 0 Å². The van der Waals surface area contributed by atoms with Crippen molar-refractivity contribution in [2.45, 2.75) is 76.9 Å². The van der Waals surface area contributed by atoms with Gasteiger partial charge in [0.25, 0.3) is 0 Å². The summed E-state index contributed by atoms with van der Waals surface area (Å²) in [6, 6.07) is 23.2. The van der Waals surface area contributed by atoms with E-state index in [-0.39, 0.29) is 24.4 Å². The van der Waals surface area contributed by atoms with Gasteiger partial charge in [0.1, 0.15) is 6.04 Å². The minimum absolute atomic E-state index is 0.0573. The monoisotopic (exact) mass is 550 g/mol. The van der Waals surface area contributed by atoms with Gasteiger partial charge in [0.2, 0.25) is 11.8 Å². The van der Waals surface area contributed by atoms with Gasteiger partial charge in [-0.3, -0.25) is 9.59 Å². The SMILES string of the molecule is CCc1ccc(CCC(=O)N(Cc2ccc(Cl)c(Cl)c2)C(Cc2ccccc2)C(=O)NC2CCCC2)cc1. The molecule has 1 aliphatic rings. The van der Waals surface area contributed by atoms with Crippen LogP contribution in [0.2, 0.25) is 10.0 Å². The number of carbonyl (C=O) groups excluding carboxylic acids is 2. The highest BCUT2D eigenvalue weighted by Gasteiger charge is 2.32. The molecule has 0 saturated heterocycles. The maximum Gasteiger partial charge on any atom is 0.243 e. The molecule has 4 nitrogen and oxygen atoms in total. The summed E-state index contributed by atoms with van der Waals surface area (Å²) in [6.45, 7) is 2.41. The average Bonchev–Trinajstić information content (AvgIpc) is 3.45. The van der Waals surface area contributed by atoms with Crippen LogP contribution in [0.1, 0.15) is 61.3 Å². The number of nitrogens with zero attached hydrogens (tertiary/aromatic N) is 1. The van der Waals surface area contributed by atoms with E-state index < -0.39 is 6.04 Å². The van der Waals surface area contributed by atoms with Gasteiger partial charge in [0.05, 0.1) is 10.0 Å². The molecule has 0 spiro atoms. The average molecular weight is 552 g/mol. The number of hydrogen-bond donors (Lipinski definition) is 1. The zero-order valence-corrected chi connectivity index (χ0v) is 23.5. The summed E-state index contributed by atoms with van der Waals surface area (Å²) in [6.07, 6.45) is 6.56. The number of nitrogens with one attached hydrogen (secondary N) is 1. The molecule has 0 heterocycles. The van der Waals surface area contributed by atoms with Gasteiger partial charge in [-0.15, -0.1) is 0 Å². The van der Waals surface area contributed by atoms with E-state index in [9.17, 15) is 9.59 Å². The van der Waals surface area contributed by atoms with Crippen LogP contribution in [0.15, 0.2) is 72.8 Å². The molecule has 1 N–H and O–H groups in total. The minimum Gasteiger partial charge on any atom is -0.352 e. The van der Waals surface area contributed by atoms with E-state index in [0.717, 1.165) is 48.8 Å². The third kappa shape index (κ3) is 7.85. The maximum atomic E-state index is 13.9. The van der Waals surface area contributed by atoms with Gasteiger partial charge in [0, 0.05) is 25.4 Å². The molecule has 4 rings (SSSR count). The highest BCUT2D eigenvalue weighted by Crippen LogP contribution is 2.25. The summed E-state index contributed by atoms with van der Waals surface area (Å²) in [5, 5.41) is 4.14. The zero-order valence-electron chi connectivity index (χ0n) is 22.0. The normalized spacial score (nSPS) is 14.3. The van der Waals surface area contributed by atoms with E-state index in [0.29, 0.717) is 29.3 Å². The lowest BCUT2D eigenvalue weighted by Crippen LogP contribution is -2.52. The highest BCUT2D eigenvalue weighted by molar-refractivity contribution is 6.42. The van der Waals surface area contributed by atoms with Gasteiger partial charge >= 0.3 is 0 Å². The lowest BCUT2D eigenvalue weighted by atomic mass is 10.0. The van der Waals surface area contributed by atoms with Crippen LogP contribution >= 0.6 is 23.2 Å². The Morgan fingerprint density at radius 1 is 0.868 bits per heavy atom. The Morgan fingerprint density at radius 3 is 2.18 bits per heavy atom. The quantitative estimate of drug-likeness (QED) is 0.274. The van der Waals surface area contributed by atoms with Gasteiger partial charge in [-0.05, 0) is 60.1 Å². The molecule has 1 saturated carbocycles. The second-order valence-corrected chi connectivity index (χ2v) is 11.0. The predicted octanol–water partition coefficient (Wildman–Crippen LogP) is 7.19. The molecule has 38 heavy (non-hydrogen) atoms. The first-order valence-electron chi connectivity index (χ1n) is 13.6. The van der Waals surface area contributed by atoms with Gasteiger partial charge in [-0.2, -0.15) is 0 Å². The topological polar surface area (TPSA) is 49.4 Å². The maximum absolute atomic E-state index is 13.9. The van der Waals surface area contributed by atoms with E-state index in [1.165, 1.54) is 5.56 Å². The fourth-order valence-corrected chi connectivity index (χ4v) is 5.41. The minimum atomic E-state index is -0.637. The molecule has 0 aromatic heterocycles. The van der Waals surface area contributed by atoms with Crippen LogP contribution in [0.5, 0.6) is 0 Å². The van der Waals surface area contributed by atoms with E-state index in [4.69, 9.17) is 23.2 Å². The summed E-state index contributed by atoms with van der Waals surface area (Å²) in [7, 11) is 0. The number of hydrogen-bond acceptors (Lipinski definition) is 2. The van der Waals surface area contributed by atoms with Crippen molar-refractivity contribution >= 4 is 35.0 Å². The van der Waals surface area contributed by atoms with Crippen LogP contribution < -0.4 is 5.32 Å². The van der Waals surface area contributed by atoms with E-state index in [1.807, 2.05) is 36.4 Å². The van der Waals surface area contributed by atoms with E-state index in [1.54, 1.807) is 17.0 Å². The molecule has 1 unspecified atom stereocenters. The molecule has 200 valence electrons. The van der Waals surface area contributed by atoms with Crippen LogP contribution in [0.3, 0.4) is 0 Å². The number of aryl methyl sites for hydroxylation is 2. The molecule has 1 aliphatic carbocycles. The summed E-state index contributed by atoms with van der Waals surface area (Å²) in [5.74, 6) is -0.153. The van der Waals surface area contributed by atoms with Crippen molar-refractivity contribution in [2.75, 3.05) is 0 Å². The Labute approximate surface area is 236 Å². The van der Waals surface area contributed by atoms with E-state index >= 15 is 0 Å². The fraction of sp³-hybridized carbons (Fsp3) is 0.375. The molecule has 3 aromatic rings. The second-order valence-electron chi connectivity index (χ2n) is 10.1. The number of halogens is 2.